The number of anilines is 1. The van der Waals surface area contributed by atoms with Crippen LogP contribution in [0.3, 0.4) is 0 Å². The molecule has 0 aliphatic carbocycles. The first-order valence-electron chi connectivity index (χ1n) is 9.41. The van der Waals surface area contributed by atoms with E-state index in [4.69, 9.17) is 22.1 Å². The molecule has 1 saturated heterocycles. The van der Waals surface area contributed by atoms with E-state index in [1.165, 1.54) is 6.33 Å². The van der Waals surface area contributed by atoms with Gasteiger partial charge in [0.2, 0.25) is 0 Å². The summed E-state index contributed by atoms with van der Waals surface area (Å²) in [4.78, 5) is 8.39. The molecular formula is C20H18ClN7O. The van der Waals surface area contributed by atoms with Crippen molar-refractivity contribution in [3.63, 3.8) is 0 Å². The number of nitrogens with two attached hydrogens (primary N) is 1. The van der Waals surface area contributed by atoms with Gasteiger partial charge in [0.05, 0.1) is 22.8 Å². The summed E-state index contributed by atoms with van der Waals surface area (Å²) in [6.07, 6.45) is 6.22. The first-order chi connectivity index (χ1) is 14.1. The zero-order chi connectivity index (χ0) is 20.1. The summed E-state index contributed by atoms with van der Waals surface area (Å²) in [5.41, 5.74) is 9.91. The van der Waals surface area contributed by atoms with Crippen molar-refractivity contribution in [2.45, 2.75) is 32.4 Å². The van der Waals surface area contributed by atoms with Gasteiger partial charge in [0.1, 0.15) is 28.9 Å². The third kappa shape index (κ3) is 2.58. The molecule has 1 fully saturated rings. The largest absolute Gasteiger partial charge is 0.384 e. The van der Waals surface area contributed by atoms with Gasteiger partial charge in [-0.25, -0.2) is 14.6 Å². The van der Waals surface area contributed by atoms with Crippen molar-refractivity contribution in [2.75, 3.05) is 12.3 Å². The van der Waals surface area contributed by atoms with E-state index in [0.717, 1.165) is 48.0 Å². The van der Waals surface area contributed by atoms with Gasteiger partial charge < -0.3 is 10.5 Å². The van der Waals surface area contributed by atoms with Gasteiger partial charge >= 0.3 is 0 Å². The van der Waals surface area contributed by atoms with Gasteiger partial charge in [-0.05, 0) is 37.8 Å². The predicted octanol–water partition coefficient (Wildman–Crippen LogP) is 3.89. The van der Waals surface area contributed by atoms with Crippen LogP contribution in [0, 0.1) is 18.3 Å². The van der Waals surface area contributed by atoms with Crippen molar-refractivity contribution in [3.05, 3.63) is 40.9 Å². The summed E-state index contributed by atoms with van der Waals surface area (Å²) in [7, 11) is 0. The Morgan fingerprint density at radius 1 is 1.31 bits per heavy atom. The molecule has 1 unspecified atom stereocenters. The van der Waals surface area contributed by atoms with Gasteiger partial charge in [-0.1, -0.05) is 17.7 Å². The molecule has 1 atom stereocenters. The lowest BCUT2D eigenvalue weighted by Gasteiger charge is -2.23. The summed E-state index contributed by atoms with van der Waals surface area (Å²) in [5, 5.41) is 15.8. The number of nitriles is 1. The van der Waals surface area contributed by atoms with E-state index in [9.17, 15) is 5.26 Å². The fraction of sp³-hybridized carbons (Fsp3) is 0.300. The van der Waals surface area contributed by atoms with Crippen LogP contribution in [-0.4, -0.2) is 30.9 Å². The Hall–Kier alpha value is -3.15. The lowest BCUT2D eigenvalue weighted by molar-refractivity contribution is -0.0366. The highest BCUT2D eigenvalue weighted by atomic mass is 35.5. The zero-order valence-corrected chi connectivity index (χ0v) is 16.5. The van der Waals surface area contributed by atoms with Crippen LogP contribution < -0.4 is 5.73 Å². The van der Waals surface area contributed by atoms with E-state index in [1.807, 2.05) is 29.9 Å². The maximum Gasteiger partial charge on any atom is 0.152 e. The normalized spacial score (nSPS) is 17.1. The van der Waals surface area contributed by atoms with Crippen molar-refractivity contribution >= 4 is 39.4 Å². The number of rotatable bonds is 2. The molecule has 0 bridgehead atoms. The Morgan fingerprint density at radius 3 is 2.93 bits per heavy atom. The molecule has 1 aliphatic heterocycles. The maximum absolute atomic E-state index is 9.67. The van der Waals surface area contributed by atoms with Crippen LogP contribution in [0.4, 0.5) is 5.82 Å². The Kier molecular flexibility index (Phi) is 4.15. The lowest BCUT2D eigenvalue weighted by Crippen LogP contribution is -2.19. The van der Waals surface area contributed by atoms with Gasteiger partial charge in [0, 0.05) is 12.0 Å². The molecule has 4 heterocycles. The summed E-state index contributed by atoms with van der Waals surface area (Å²) in [5.74, 6) is 0.280. The van der Waals surface area contributed by atoms with Gasteiger partial charge in [-0.3, -0.25) is 4.57 Å². The number of nitrogen functional groups attached to an aromatic ring is 1. The molecule has 4 aromatic rings. The first kappa shape index (κ1) is 17.9. The number of ether oxygens (including phenoxy) is 1. The first-order valence-corrected chi connectivity index (χ1v) is 9.79. The van der Waals surface area contributed by atoms with Crippen molar-refractivity contribution in [2.24, 2.45) is 0 Å². The lowest BCUT2D eigenvalue weighted by atomic mass is 10.1. The van der Waals surface area contributed by atoms with Crippen molar-refractivity contribution in [3.8, 4) is 11.8 Å². The average Bonchev–Trinajstić information content (AvgIpc) is 3.28. The van der Waals surface area contributed by atoms with E-state index in [2.05, 4.69) is 21.1 Å². The molecule has 0 radical (unpaired) electrons. The topological polar surface area (TPSA) is 108 Å². The SMILES string of the molecule is Cc1ccc2c(cnn2C2CCCCO2)c1-n1c(N)c(C#N)c2c(Cl)ncnc21. The molecule has 0 saturated carbocycles. The molecule has 1 aliphatic rings. The second-order valence-electron chi connectivity index (χ2n) is 7.14. The summed E-state index contributed by atoms with van der Waals surface area (Å²) < 4.78 is 9.62. The molecule has 3 aromatic heterocycles. The van der Waals surface area contributed by atoms with Crippen LogP contribution in [0.2, 0.25) is 5.15 Å². The van der Waals surface area contributed by atoms with E-state index < -0.39 is 0 Å². The Morgan fingerprint density at radius 2 is 2.17 bits per heavy atom. The number of aryl methyl sites for hydroxylation is 1. The molecular weight excluding hydrogens is 390 g/mol. The highest BCUT2D eigenvalue weighted by molar-refractivity contribution is 6.34. The molecule has 8 nitrogen and oxygen atoms in total. The molecule has 2 N–H and O–H groups in total. The van der Waals surface area contributed by atoms with Crippen LogP contribution in [0.25, 0.3) is 27.6 Å². The number of hydrogen-bond acceptors (Lipinski definition) is 6. The molecule has 0 amide bonds. The van der Waals surface area contributed by atoms with Gasteiger partial charge in [-0.2, -0.15) is 10.4 Å². The minimum atomic E-state index is -0.0815. The molecule has 0 spiro atoms. The fourth-order valence-electron chi connectivity index (χ4n) is 4.09. The van der Waals surface area contributed by atoms with Crippen LogP contribution in [-0.2, 0) is 4.74 Å². The van der Waals surface area contributed by atoms with E-state index in [0.29, 0.717) is 11.0 Å². The molecule has 1 aromatic carbocycles. The Labute approximate surface area is 171 Å². The average molecular weight is 408 g/mol. The van der Waals surface area contributed by atoms with Crippen LogP contribution in [0.5, 0.6) is 0 Å². The smallest absolute Gasteiger partial charge is 0.152 e. The van der Waals surface area contributed by atoms with E-state index >= 15 is 0 Å². The number of nitrogens with zero attached hydrogens (tertiary/aromatic N) is 6. The van der Waals surface area contributed by atoms with Crippen molar-refractivity contribution in [1.82, 2.24) is 24.3 Å². The van der Waals surface area contributed by atoms with Gasteiger partial charge in [-0.15, -0.1) is 0 Å². The number of benzene rings is 1. The zero-order valence-electron chi connectivity index (χ0n) is 15.8. The molecule has 29 heavy (non-hydrogen) atoms. The van der Waals surface area contributed by atoms with Crippen molar-refractivity contribution < 1.29 is 4.74 Å². The minimum Gasteiger partial charge on any atom is -0.384 e. The van der Waals surface area contributed by atoms with Gasteiger partial charge in [0.15, 0.2) is 11.9 Å². The third-order valence-electron chi connectivity index (χ3n) is 5.46. The number of halogens is 1. The number of fused-ring (bicyclic) bond motifs is 2. The van der Waals surface area contributed by atoms with Gasteiger partial charge in [0.25, 0.3) is 0 Å². The van der Waals surface area contributed by atoms with Crippen LogP contribution >= 0.6 is 11.6 Å². The summed E-state index contributed by atoms with van der Waals surface area (Å²) in [6, 6.07) is 6.19. The molecule has 146 valence electrons. The number of hydrogen-bond donors (Lipinski definition) is 1. The second kappa shape index (κ2) is 6.72. The quantitative estimate of drug-likeness (QED) is 0.505. The van der Waals surface area contributed by atoms with Crippen LogP contribution in [0.1, 0.15) is 36.6 Å². The summed E-state index contributed by atoms with van der Waals surface area (Å²) in [6.45, 7) is 2.73. The maximum atomic E-state index is 9.67. The highest BCUT2D eigenvalue weighted by Crippen LogP contribution is 2.37. The van der Waals surface area contributed by atoms with Crippen LogP contribution in [0.15, 0.2) is 24.7 Å². The molecule has 9 heteroatoms. The second-order valence-corrected chi connectivity index (χ2v) is 7.50. The van der Waals surface area contributed by atoms with E-state index in [1.54, 1.807) is 4.57 Å². The molecule has 5 rings (SSSR count). The minimum absolute atomic E-state index is 0.0815. The van der Waals surface area contributed by atoms with E-state index in [-0.39, 0.29) is 22.8 Å². The number of aromatic nitrogens is 5. The Bertz CT molecular complexity index is 1290. The van der Waals surface area contributed by atoms with Crippen molar-refractivity contribution in [1.29, 1.82) is 5.26 Å². The fourth-order valence-corrected chi connectivity index (χ4v) is 4.31. The standard InChI is InChI=1S/C20H18ClN7O/c1-11-5-6-14-13(9-26-28(14)15-4-2-3-7-29-15)17(11)27-19(23)12(8-22)16-18(21)24-10-25-20(16)27/h5-6,9-10,15H,2-4,7,23H2,1H3. The monoisotopic (exact) mass is 407 g/mol. The summed E-state index contributed by atoms with van der Waals surface area (Å²) >= 11 is 6.27. The third-order valence-corrected chi connectivity index (χ3v) is 5.74. The Balaban J connectivity index is 1.82. The highest BCUT2D eigenvalue weighted by Gasteiger charge is 2.25. The predicted molar refractivity (Wildman–Crippen MR) is 110 cm³/mol.